The van der Waals surface area contributed by atoms with Crippen LogP contribution in [0, 0.1) is 5.41 Å². The van der Waals surface area contributed by atoms with Gasteiger partial charge in [0.2, 0.25) is 0 Å². The Morgan fingerprint density at radius 2 is 2.30 bits per heavy atom. The van der Waals surface area contributed by atoms with Gasteiger partial charge in [-0.15, -0.1) is 6.58 Å². The highest BCUT2D eigenvalue weighted by molar-refractivity contribution is 5.75. The first-order chi connectivity index (χ1) is 4.54. The van der Waals surface area contributed by atoms with Gasteiger partial charge in [0.1, 0.15) is 0 Å². The monoisotopic (exact) mass is 144 g/mol. The van der Waals surface area contributed by atoms with Crippen LogP contribution in [0.15, 0.2) is 12.7 Å². The van der Waals surface area contributed by atoms with Crippen molar-refractivity contribution < 1.29 is 14.9 Å². The van der Waals surface area contributed by atoms with E-state index in [-0.39, 0.29) is 0 Å². The average molecular weight is 144 g/mol. The number of carbonyl (C=O) groups is 1. The van der Waals surface area contributed by atoms with Crippen molar-refractivity contribution in [3.8, 4) is 0 Å². The molecule has 0 saturated carbocycles. The number of rotatable bonds is 3. The van der Waals surface area contributed by atoms with Gasteiger partial charge in [-0.2, -0.15) is 5.26 Å². The zero-order chi connectivity index (χ0) is 8.20. The van der Waals surface area contributed by atoms with Gasteiger partial charge in [-0.1, -0.05) is 6.08 Å². The molecule has 0 amide bonds. The smallest absolute Gasteiger partial charge is 0.300 e. The van der Waals surface area contributed by atoms with Crippen LogP contribution < -0.4 is 0 Å². The fourth-order valence-electron chi connectivity index (χ4n) is 0.568. The summed E-state index contributed by atoms with van der Waals surface area (Å²) < 4.78 is 0. The standard InChI is InChI=1S/C7H12O3/c1-4-5-7(2,3)6(8)10-9/h4,9H,1,5H2,2-3H3. The van der Waals surface area contributed by atoms with Gasteiger partial charge in [0.05, 0.1) is 5.41 Å². The minimum atomic E-state index is -0.670. The Balaban J connectivity index is 4.08. The van der Waals surface area contributed by atoms with E-state index < -0.39 is 11.4 Å². The summed E-state index contributed by atoms with van der Waals surface area (Å²) in [7, 11) is 0. The van der Waals surface area contributed by atoms with E-state index in [2.05, 4.69) is 11.5 Å². The molecule has 0 radical (unpaired) electrons. The second-order valence-corrected chi connectivity index (χ2v) is 2.76. The average Bonchev–Trinajstić information content (AvgIpc) is 1.86. The van der Waals surface area contributed by atoms with Gasteiger partial charge in [-0.05, 0) is 20.3 Å². The lowest BCUT2D eigenvalue weighted by atomic mass is 9.90. The van der Waals surface area contributed by atoms with Crippen molar-refractivity contribution >= 4 is 5.97 Å². The quantitative estimate of drug-likeness (QED) is 0.372. The third-order valence-electron chi connectivity index (χ3n) is 1.29. The van der Waals surface area contributed by atoms with Crippen LogP contribution in [0.1, 0.15) is 20.3 Å². The highest BCUT2D eigenvalue weighted by atomic mass is 17.1. The van der Waals surface area contributed by atoms with E-state index in [1.807, 2.05) is 0 Å². The fourth-order valence-corrected chi connectivity index (χ4v) is 0.568. The molecule has 1 N–H and O–H groups in total. The van der Waals surface area contributed by atoms with Gasteiger partial charge >= 0.3 is 5.97 Å². The highest BCUT2D eigenvalue weighted by Gasteiger charge is 2.27. The summed E-state index contributed by atoms with van der Waals surface area (Å²) in [6.45, 7) is 6.82. The van der Waals surface area contributed by atoms with Crippen molar-refractivity contribution in [3.05, 3.63) is 12.7 Å². The summed E-state index contributed by atoms with van der Waals surface area (Å²) in [5.41, 5.74) is -0.670. The zero-order valence-corrected chi connectivity index (χ0v) is 6.26. The van der Waals surface area contributed by atoms with Gasteiger partial charge in [-0.25, -0.2) is 4.79 Å². The van der Waals surface area contributed by atoms with Gasteiger partial charge in [0, 0.05) is 0 Å². The Kier molecular flexibility index (Phi) is 3.09. The molecule has 3 heteroatoms. The maximum Gasteiger partial charge on any atom is 0.347 e. The predicted octanol–water partition coefficient (Wildman–Crippen LogP) is 1.60. The van der Waals surface area contributed by atoms with Crippen LogP contribution in [0.4, 0.5) is 0 Å². The summed E-state index contributed by atoms with van der Waals surface area (Å²) in [6, 6.07) is 0. The first kappa shape index (κ1) is 9.17. The zero-order valence-electron chi connectivity index (χ0n) is 6.26. The molecule has 0 rings (SSSR count). The molecule has 0 unspecified atom stereocenters. The molecule has 58 valence electrons. The third-order valence-corrected chi connectivity index (χ3v) is 1.29. The molecule has 0 fully saturated rings. The molecule has 0 aliphatic rings. The Morgan fingerprint density at radius 3 is 2.60 bits per heavy atom. The first-order valence-corrected chi connectivity index (χ1v) is 3.01. The molecule has 0 aliphatic heterocycles. The lowest BCUT2D eigenvalue weighted by Crippen LogP contribution is -2.24. The Bertz CT molecular complexity index is 138. The Hall–Kier alpha value is -0.830. The largest absolute Gasteiger partial charge is 0.347 e. The van der Waals surface area contributed by atoms with E-state index in [1.54, 1.807) is 19.9 Å². The van der Waals surface area contributed by atoms with E-state index in [1.165, 1.54) is 0 Å². The summed E-state index contributed by atoms with van der Waals surface area (Å²) in [6.07, 6.45) is 2.10. The molecule has 0 atom stereocenters. The molecule has 10 heavy (non-hydrogen) atoms. The topological polar surface area (TPSA) is 46.5 Å². The van der Waals surface area contributed by atoms with E-state index in [0.29, 0.717) is 6.42 Å². The molecule has 0 spiro atoms. The van der Waals surface area contributed by atoms with E-state index >= 15 is 0 Å². The molecule has 0 aromatic rings. The lowest BCUT2D eigenvalue weighted by Gasteiger charge is -2.16. The predicted molar refractivity (Wildman–Crippen MR) is 37.3 cm³/mol. The molecule has 3 nitrogen and oxygen atoms in total. The summed E-state index contributed by atoms with van der Waals surface area (Å²) in [5.74, 6) is -0.632. The van der Waals surface area contributed by atoms with E-state index in [0.717, 1.165) is 0 Å². The lowest BCUT2D eigenvalue weighted by molar-refractivity contribution is -0.243. The van der Waals surface area contributed by atoms with Crippen molar-refractivity contribution in [1.29, 1.82) is 0 Å². The fraction of sp³-hybridized carbons (Fsp3) is 0.571. The molecule has 0 aromatic carbocycles. The Labute approximate surface area is 60.2 Å². The molecule has 0 saturated heterocycles. The van der Waals surface area contributed by atoms with Gasteiger partial charge in [-0.3, -0.25) is 0 Å². The van der Waals surface area contributed by atoms with Crippen molar-refractivity contribution in [1.82, 2.24) is 0 Å². The normalized spacial score (nSPS) is 10.7. The van der Waals surface area contributed by atoms with Gasteiger partial charge in [0.25, 0.3) is 0 Å². The van der Waals surface area contributed by atoms with E-state index in [4.69, 9.17) is 5.26 Å². The van der Waals surface area contributed by atoms with Crippen molar-refractivity contribution in [2.24, 2.45) is 5.41 Å². The maximum absolute atomic E-state index is 10.7. The van der Waals surface area contributed by atoms with E-state index in [9.17, 15) is 4.79 Å². The molecule has 0 aromatic heterocycles. The molecule has 0 heterocycles. The number of allylic oxidation sites excluding steroid dienone is 1. The minimum absolute atomic E-state index is 0.492. The molecular weight excluding hydrogens is 132 g/mol. The third kappa shape index (κ3) is 2.19. The van der Waals surface area contributed by atoms with Crippen molar-refractivity contribution in [2.75, 3.05) is 0 Å². The van der Waals surface area contributed by atoms with Crippen LogP contribution in [0.3, 0.4) is 0 Å². The second kappa shape index (κ2) is 3.37. The number of hydrogen-bond acceptors (Lipinski definition) is 3. The maximum atomic E-state index is 10.7. The van der Waals surface area contributed by atoms with Gasteiger partial charge in [0.15, 0.2) is 0 Å². The van der Waals surface area contributed by atoms with Crippen molar-refractivity contribution in [2.45, 2.75) is 20.3 Å². The van der Waals surface area contributed by atoms with Gasteiger partial charge < -0.3 is 4.89 Å². The molecular formula is C7H12O3. The van der Waals surface area contributed by atoms with Crippen LogP contribution in [0.2, 0.25) is 0 Å². The SMILES string of the molecule is C=CCC(C)(C)C(=O)OO. The second-order valence-electron chi connectivity index (χ2n) is 2.76. The van der Waals surface area contributed by atoms with Crippen molar-refractivity contribution in [3.63, 3.8) is 0 Å². The first-order valence-electron chi connectivity index (χ1n) is 3.01. The molecule has 0 bridgehead atoms. The minimum Gasteiger partial charge on any atom is -0.300 e. The Morgan fingerprint density at radius 1 is 1.80 bits per heavy atom. The van der Waals surface area contributed by atoms with Crippen LogP contribution in [0.25, 0.3) is 0 Å². The van der Waals surface area contributed by atoms with Crippen LogP contribution in [0.5, 0.6) is 0 Å². The summed E-state index contributed by atoms with van der Waals surface area (Å²) in [5, 5.41) is 8.01. The van der Waals surface area contributed by atoms with Crippen LogP contribution >= 0.6 is 0 Å². The molecule has 0 aliphatic carbocycles. The van der Waals surface area contributed by atoms with Crippen LogP contribution in [-0.2, 0) is 9.68 Å². The summed E-state index contributed by atoms with van der Waals surface area (Å²) >= 11 is 0. The number of hydrogen-bond donors (Lipinski definition) is 1. The summed E-state index contributed by atoms with van der Waals surface area (Å²) in [4.78, 5) is 14.3. The van der Waals surface area contributed by atoms with Crippen LogP contribution in [-0.4, -0.2) is 11.2 Å². The highest BCUT2D eigenvalue weighted by Crippen LogP contribution is 2.21. The number of carbonyl (C=O) groups excluding carboxylic acids is 1.